The van der Waals surface area contributed by atoms with Gasteiger partial charge in [-0.1, -0.05) is 11.6 Å². The van der Waals surface area contributed by atoms with E-state index in [1.54, 1.807) is 6.92 Å². The first-order chi connectivity index (χ1) is 20.4. The van der Waals surface area contributed by atoms with E-state index in [0.29, 0.717) is 47.6 Å². The molecule has 0 unspecified atom stereocenters. The van der Waals surface area contributed by atoms with Crippen LogP contribution in [0.3, 0.4) is 0 Å². The number of nitrogens with one attached hydrogen (secondary N) is 1. The average Bonchev–Trinajstić information content (AvgIpc) is 2.99. The Morgan fingerprint density at radius 1 is 1.00 bits per heavy atom. The van der Waals surface area contributed by atoms with Gasteiger partial charge in [0.2, 0.25) is 15.9 Å². The summed E-state index contributed by atoms with van der Waals surface area (Å²) >= 11 is 5.80. The molecule has 0 aromatic heterocycles. The van der Waals surface area contributed by atoms with Crippen LogP contribution in [0.4, 0.5) is 13.6 Å². The number of hydrogen-bond donors (Lipinski definition) is 2. The molecule has 4 rings (SSSR count). The Hall–Kier alpha value is -3.57. The van der Waals surface area contributed by atoms with Crippen molar-refractivity contribution < 1.29 is 46.3 Å². The highest BCUT2D eigenvalue weighted by Gasteiger charge is 2.42. The van der Waals surface area contributed by atoms with E-state index in [9.17, 15) is 36.8 Å². The second kappa shape index (κ2) is 13.8. The van der Waals surface area contributed by atoms with Crippen LogP contribution in [0.1, 0.15) is 6.92 Å². The number of carbonyl (C=O) groups is 3. The molecule has 43 heavy (non-hydrogen) atoms. The van der Waals surface area contributed by atoms with E-state index >= 15 is 0 Å². The lowest BCUT2D eigenvalue weighted by Crippen LogP contribution is -2.62. The summed E-state index contributed by atoms with van der Waals surface area (Å²) in [6, 6.07) is 5.14. The van der Waals surface area contributed by atoms with Crippen molar-refractivity contribution in [2.24, 2.45) is 0 Å². The zero-order chi connectivity index (χ0) is 31.3. The Kier molecular flexibility index (Phi) is 10.4. The van der Waals surface area contributed by atoms with Crippen LogP contribution in [-0.2, 0) is 24.3 Å². The lowest BCUT2D eigenvalue weighted by atomic mass is 10.2. The fourth-order valence-corrected chi connectivity index (χ4v) is 6.42. The molecule has 0 radical (unpaired) electrons. The second-order valence-corrected chi connectivity index (χ2v) is 12.0. The summed E-state index contributed by atoms with van der Waals surface area (Å²) in [5.41, 5.74) is 1.40. The van der Waals surface area contributed by atoms with Gasteiger partial charge in [0, 0.05) is 50.8 Å². The lowest BCUT2D eigenvalue weighted by molar-refractivity contribution is -0.140. The standard InChI is InChI=1S/C26H30ClF2N5O8S/c1-2-41-26(37)32-9-7-31(8-10-32)16-23(35)33-11-12-34(22(15-33)25(36)30-38)43(39,40)19-13-20(28)24(21(29)14-19)42-18-5-3-17(27)4-6-18/h3-6,13-14,22,38H,2,7-12,15-16H2,1H3,(H,30,36)/t22-/m1/s1. The van der Waals surface area contributed by atoms with Crippen LogP contribution in [0.2, 0.25) is 5.02 Å². The van der Waals surface area contributed by atoms with Crippen molar-refractivity contribution in [3.05, 3.63) is 53.1 Å². The Morgan fingerprint density at radius 3 is 2.19 bits per heavy atom. The summed E-state index contributed by atoms with van der Waals surface area (Å²) in [7, 11) is -4.69. The van der Waals surface area contributed by atoms with Crippen LogP contribution >= 0.6 is 11.6 Å². The molecular formula is C26H30ClF2N5O8S. The topological polar surface area (TPSA) is 149 Å². The minimum atomic E-state index is -4.69. The van der Waals surface area contributed by atoms with Gasteiger partial charge in [-0.05, 0) is 43.3 Å². The molecule has 1 atom stereocenters. The van der Waals surface area contributed by atoms with E-state index in [1.165, 1.54) is 39.5 Å². The van der Waals surface area contributed by atoms with E-state index in [0.717, 1.165) is 0 Å². The van der Waals surface area contributed by atoms with Crippen LogP contribution in [0, 0.1) is 11.6 Å². The molecule has 13 nitrogen and oxygen atoms in total. The minimum Gasteiger partial charge on any atom is -0.451 e. The zero-order valence-electron chi connectivity index (χ0n) is 23.0. The highest BCUT2D eigenvalue weighted by molar-refractivity contribution is 7.89. The highest BCUT2D eigenvalue weighted by Crippen LogP contribution is 2.32. The molecule has 2 heterocycles. The van der Waals surface area contributed by atoms with Crippen molar-refractivity contribution in [1.29, 1.82) is 0 Å². The third-order valence-corrected chi connectivity index (χ3v) is 9.10. The molecule has 0 bridgehead atoms. The summed E-state index contributed by atoms with van der Waals surface area (Å²) in [6.45, 7) is 2.45. The number of sulfonamides is 1. The van der Waals surface area contributed by atoms with Crippen molar-refractivity contribution in [2.45, 2.75) is 17.9 Å². The monoisotopic (exact) mass is 645 g/mol. The predicted molar refractivity (Wildman–Crippen MR) is 147 cm³/mol. The van der Waals surface area contributed by atoms with Gasteiger partial charge in [0.15, 0.2) is 17.4 Å². The summed E-state index contributed by atoms with van der Waals surface area (Å²) in [5, 5.41) is 9.66. The van der Waals surface area contributed by atoms with Gasteiger partial charge in [-0.15, -0.1) is 0 Å². The normalized spacial score (nSPS) is 18.3. The zero-order valence-corrected chi connectivity index (χ0v) is 24.6. The van der Waals surface area contributed by atoms with Crippen LogP contribution < -0.4 is 10.2 Å². The predicted octanol–water partition coefficient (Wildman–Crippen LogP) is 1.89. The first-order valence-corrected chi connectivity index (χ1v) is 15.1. The number of benzene rings is 2. The van der Waals surface area contributed by atoms with E-state index < -0.39 is 69.3 Å². The van der Waals surface area contributed by atoms with Gasteiger partial charge in [0.05, 0.1) is 18.0 Å². The maximum absolute atomic E-state index is 14.9. The third-order valence-electron chi connectivity index (χ3n) is 6.97. The fourth-order valence-electron chi connectivity index (χ4n) is 4.70. The molecule has 0 spiro atoms. The fraction of sp³-hybridized carbons (Fsp3) is 0.423. The first kappa shape index (κ1) is 32.3. The number of nitrogens with zero attached hydrogens (tertiary/aromatic N) is 4. The van der Waals surface area contributed by atoms with E-state index in [-0.39, 0.29) is 25.4 Å². The number of piperazine rings is 2. The molecule has 0 aliphatic carbocycles. The number of amides is 3. The minimum absolute atomic E-state index is 0.0532. The quantitative estimate of drug-likeness (QED) is 0.324. The van der Waals surface area contributed by atoms with Crippen molar-refractivity contribution in [2.75, 3.05) is 59.0 Å². The molecule has 2 N–H and O–H groups in total. The maximum atomic E-state index is 14.9. The molecule has 2 saturated heterocycles. The van der Waals surface area contributed by atoms with Gasteiger partial charge in [0.1, 0.15) is 11.8 Å². The summed E-state index contributed by atoms with van der Waals surface area (Å²) in [4.78, 5) is 41.3. The summed E-state index contributed by atoms with van der Waals surface area (Å²) < 4.78 is 67.7. The number of halogens is 3. The second-order valence-electron chi connectivity index (χ2n) is 9.68. The van der Waals surface area contributed by atoms with Gasteiger partial charge < -0.3 is 19.3 Å². The van der Waals surface area contributed by atoms with Gasteiger partial charge in [0.25, 0.3) is 5.91 Å². The third kappa shape index (κ3) is 7.51. The van der Waals surface area contributed by atoms with Crippen molar-refractivity contribution in [3.8, 4) is 11.5 Å². The molecule has 3 amide bonds. The van der Waals surface area contributed by atoms with Crippen molar-refractivity contribution in [3.63, 3.8) is 0 Å². The van der Waals surface area contributed by atoms with Crippen molar-refractivity contribution >= 4 is 39.5 Å². The van der Waals surface area contributed by atoms with Gasteiger partial charge in [-0.2, -0.15) is 4.31 Å². The number of hydroxylamine groups is 1. The Morgan fingerprint density at radius 2 is 1.60 bits per heavy atom. The largest absolute Gasteiger partial charge is 0.451 e. The molecular weight excluding hydrogens is 616 g/mol. The smallest absolute Gasteiger partial charge is 0.409 e. The Bertz CT molecular complexity index is 1430. The van der Waals surface area contributed by atoms with Crippen LogP contribution in [0.5, 0.6) is 11.5 Å². The van der Waals surface area contributed by atoms with Crippen LogP contribution in [0.25, 0.3) is 0 Å². The average molecular weight is 646 g/mol. The molecule has 234 valence electrons. The first-order valence-electron chi connectivity index (χ1n) is 13.2. The summed E-state index contributed by atoms with van der Waals surface area (Å²) in [5.74, 6) is -4.95. The number of hydrogen-bond acceptors (Lipinski definition) is 9. The number of ether oxygens (including phenoxy) is 2. The van der Waals surface area contributed by atoms with Crippen LogP contribution in [0.15, 0.2) is 41.3 Å². The highest BCUT2D eigenvalue weighted by atomic mass is 35.5. The Labute approximate surface area is 251 Å². The molecule has 2 aromatic carbocycles. The van der Waals surface area contributed by atoms with Gasteiger partial charge in [-0.3, -0.25) is 19.7 Å². The summed E-state index contributed by atoms with van der Waals surface area (Å²) in [6.07, 6.45) is -0.438. The van der Waals surface area contributed by atoms with E-state index in [2.05, 4.69) is 0 Å². The molecule has 2 aliphatic rings. The SMILES string of the molecule is CCOC(=O)N1CCN(CC(=O)N2CCN(S(=O)(=O)c3cc(F)c(Oc4ccc(Cl)cc4)c(F)c3)[C@@H](C(=O)NO)C2)CC1. The van der Waals surface area contributed by atoms with E-state index in [1.807, 2.05) is 4.90 Å². The lowest BCUT2D eigenvalue weighted by Gasteiger charge is -2.40. The molecule has 0 saturated carbocycles. The van der Waals surface area contributed by atoms with Crippen LogP contribution in [-0.4, -0.2) is 116 Å². The molecule has 17 heteroatoms. The number of rotatable bonds is 8. The maximum Gasteiger partial charge on any atom is 0.409 e. The molecule has 2 aliphatic heterocycles. The van der Waals surface area contributed by atoms with Gasteiger partial charge in [-0.25, -0.2) is 27.5 Å². The molecule has 2 aromatic rings. The molecule has 2 fully saturated rings. The van der Waals surface area contributed by atoms with E-state index in [4.69, 9.17) is 21.1 Å². The number of carbonyl (C=O) groups excluding carboxylic acids is 3. The Balaban J connectivity index is 1.45. The van der Waals surface area contributed by atoms with Crippen molar-refractivity contribution in [1.82, 2.24) is 24.5 Å². The van der Waals surface area contributed by atoms with Gasteiger partial charge >= 0.3 is 6.09 Å².